The molecule has 59 heavy (non-hydrogen) atoms. The zero-order chi connectivity index (χ0) is 43.7. The molecule has 1 fully saturated rings. The SMILES string of the molecule is CNS(=O)(=O)c1cc(O)ccc1C1CCN(CC[C@H](CN(C)C(=O)c2cc(C#N)cc3ccccc23)c2ccc(Cl)c(Cl)c2)CC1.O=C(O)CC(O)(CC(=O)O)C(=O)O. The van der Waals surface area contributed by atoms with Crippen LogP contribution in [0.5, 0.6) is 5.75 Å². The highest BCUT2D eigenvalue weighted by Crippen LogP contribution is 2.35. The number of fused-ring (bicyclic) bond motifs is 1. The number of aromatic hydroxyl groups is 1. The molecule has 18 heteroatoms. The van der Waals surface area contributed by atoms with Crippen LogP contribution in [0.1, 0.15) is 71.0 Å². The van der Waals surface area contributed by atoms with Gasteiger partial charge in [0, 0.05) is 31.1 Å². The molecule has 4 aromatic carbocycles. The number of sulfonamides is 1. The van der Waals surface area contributed by atoms with Crippen molar-refractivity contribution in [1.29, 1.82) is 5.26 Å². The number of carbonyl (C=O) groups is 4. The molecule has 0 saturated carbocycles. The number of hydrogen-bond acceptors (Lipinski definition) is 10. The third-order valence-electron chi connectivity index (χ3n) is 10.1. The van der Waals surface area contributed by atoms with Crippen molar-refractivity contribution in [3.63, 3.8) is 0 Å². The van der Waals surface area contributed by atoms with Gasteiger partial charge in [-0.1, -0.05) is 59.6 Å². The predicted molar refractivity (Wildman–Crippen MR) is 219 cm³/mol. The van der Waals surface area contributed by atoms with Crippen molar-refractivity contribution >= 4 is 67.8 Å². The number of hydrogen-bond donors (Lipinski definition) is 6. The third-order valence-corrected chi connectivity index (χ3v) is 12.3. The molecule has 314 valence electrons. The summed E-state index contributed by atoms with van der Waals surface area (Å²) in [4.78, 5) is 48.5. The molecule has 0 spiro atoms. The number of aliphatic hydroxyl groups is 1. The Morgan fingerprint density at radius 3 is 2.17 bits per heavy atom. The number of halogens is 2. The van der Waals surface area contributed by atoms with Gasteiger partial charge in [0.05, 0.1) is 39.4 Å². The van der Waals surface area contributed by atoms with E-state index in [1.807, 2.05) is 36.4 Å². The number of rotatable bonds is 15. The molecule has 6 N–H and O–H groups in total. The van der Waals surface area contributed by atoms with Crippen molar-refractivity contribution in [1.82, 2.24) is 14.5 Å². The summed E-state index contributed by atoms with van der Waals surface area (Å²) in [6.07, 6.45) is 0.00534. The number of likely N-dealkylation sites (N-methyl/N-ethyl adjacent to an activating group) is 1. The quantitative estimate of drug-likeness (QED) is 0.0864. The van der Waals surface area contributed by atoms with E-state index in [-0.39, 0.29) is 28.4 Å². The van der Waals surface area contributed by atoms with E-state index in [0.717, 1.165) is 55.2 Å². The van der Waals surface area contributed by atoms with E-state index in [2.05, 4.69) is 15.7 Å². The van der Waals surface area contributed by atoms with Crippen LogP contribution in [0.4, 0.5) is 0 Å². The molecule has 0 bridgehead atoms. The van der Waals surface area contributed by atoms with Crippen LogP contribution in [0, 0.1) is 11.3 Å². The maximum atomic E-state index is 13.8. The van der Waals surface area contributed by atoms with Gasteiger partial charge in [-0.25, -0.2) is 17.9 Å². The largest absolute Gasteiger partial charge is 0.508 e. The molecular weight excluding hydrogens is 827 g/mol. The van der Waals surface area contributed by atoms with Gasteiger partial charge < -0.3 is 35.3 Å². The fraction of sp³-hybridized carbons (Fsp3) is 0.341. The van der Waals surface area contributed by atoms with Crippen molar-refractivity contribution < 1.29 is 53.1 Å². The maximum Gasteiger partial charge on any atom is 0.336 e. The van der Waals surface area contributed by atoms with Crippen molar-refractivity contribution in [2.75, 3.05) is 40.3 Å². The number of likely N-dealkylation sites (tertiary alicyclic amines) is 1. The Kier molecular flexibility index (Phi) is 15.8. The number of phenols is 1. The average molecular weight is 872 g/mol. The lowest BCUT2D eigenvalue weighted by molar-refractivity contribution is -0.170. The normalized spacial score (nSPS) is 14.1. The number of carboxylic acids is 3. The molecule has 1 aliphatic heterocycles. The van der Waals surface area contributed by atoms with Crippen molar-refractivity contribution in [3.8, 4) is 11.8 Å². The first-order valence-electron chi connectivity index (χ1n) is 18.3. The highest BCUT2D eigenvalue weighted by molar-refractivity contribution is 7.89. The Bertz CT molecular complexity index is 2350. The Hall–Kier alpha value is -5.28. The minimum Gasteiger partial charge on any atom is -0.508 e. The molecule has 0 radical (unpaired) electrons. The maximum absolute atomic E-state index is 13.8. The highest BCUT2D eigenvalue weighted by Gasteiger charge is 2.41. The number of benzene rings is 4. The van der Waals surface area contributed by atoms with Crippen LogP contribution in [0.3, 0.4) is 0 Å². The number of carboxylic acid groups (broad SMARTS) is 3. The number of phenolic OH excluding ortho intramolecular Hbond substituents is 1. The molecule has 1 saturated heterocycles. The second-order valence-electron chi connectivity index (χ2n) is 14.2. The summed E-state index contributed by atoms with van der Waals surface area (Å²) in [5.41, 5.74) is -0.124. The Balaban J connectivity index is 0.000000509. The van der Waals surface area contributed by atoms with Gasteiger partial charge in [0.15, 0.2) is 5.60 Å². The number of piperidine rings is 1. The Morgan fingerprint density at radius 2 is 1.59 bits per heavy atom. The van der Waals surface area contributed by atoms with Gasteiger partial charge in [-0.05, 0) is 104 Å². The zero-order valence-electron chi connectivity index (χ0n) is 32.1. The lowest BCUT2D eigenvalue weighted by atomic mass is 9.88. The lowest BCUT2D eigenvalue weighted by Gasteiger charge is -2.34. The van der Waals surface area contributed by atoms with E-state index in [4.69, 9.17) is 43.6 Å². The second-order valence-corrected chi connectivity index (χ2v) is 16.9. The second kappa shape index (κ2) is 20.1. The zero-order valence-corrected chi connectivity index (χ0v) is 34.5. The van der Waals surface area contributed by atoms with Gasteiger partial charge in [-0.2, -0.15) is 5.26 Å². The van der Waals surface area contributed by atoms with Gasteiger partial charge >= 0.3 is 17.9 Å². The summed E-state index contributed by atoms with van der Waals surface area (Å²) >= 11 is 12.7. The van der Waals surface area contributed by atoms with Crippen LogP contribution in [0.15, 0.2) is 77.7 Å². The smallest absolute Gasteiger partial charge is 0.336 e. The minimum atomic E-state index is -3.72. The summed E-state index contributed by atoms with van der Waals surface area (Å²) in [5, 5.41) is 55.9. The molecule has 1 amide bonds. The van der Waals surface area contributed by atoms with Crippen molar-refractivity contribution in [3.05, 3.63) is 105 Å². The summed E-state index contributed by atoms with van der Waals surface area (Å²) in [6, 6.07) is 23.3. The number of nitrogens with one attached hydrogen (secondary N) is 1. The number of nitrogens with zero attached hydrogens (tertiary/aromatic N) is 3. The Labute approximate surface area is 351 Å². The summed E-state index contributed by atoms with van der Waals surface area (Å²) in [6.45, 7) is 2.75. The monoisotopic (exact) mass is 870 g/mol. The first-order valence-corrected chi connectivity index (χ1v) is 20.5. The molecule has 0 unspecified atom stereocenters. The van der Waals surface area contributed by atoms with Gasteiger partial charge in [-0.15, -0.1) is 0 Å². The number of amides is 1. The van der Waals surface area contributed by atoms with Crippen LogP contribution in [0.2, 0.25) is 10.0 Å². The average Bonchev–Trinajstić information content (AvgIpc) is 3.19. The molecule has 1 aliphatic rings. The van der Waals surface area contributed by atoms with Crippen LogP contribution in [0.25, 0.3) is 10.8 Å². The topological polar surface area (TPSA) is 246 Å². The molecule has 0 aliphatic carbocycles. The first kappa shape index (κ1) is 46.4. The standard InChI is InChI=1S/C35H36Cl2N4O4S.C6H8O7/c1-39-46(44,45)34-20-28(42)8-9-30(34)24-11-14-41(15-12-24)16-13-27(25-7-10-32(36)33(37)19-25)22-40(2)35(43)31-18-23(21-38)17-26-5-3-4-6-29(26)31;7-3(8)1-6(13,5(11)12)2-4(9)10/h3-10,17-20,24,27,39,42H,11-16,22H2,1-2H3;13H,1-2H2,(H,7,8)(H,9,10)(H,11,12)/t27-;/m1./s1. The summed E-state index contributed by atoms with van der Waals surface area (Å²) in [5.74, 6) is -5.27. The van der Waals surface area contributed by atoms with E-state index < -0.39 is 46.4 Å². The van der Waals surface area contributed by atoms with Crippen LogP contribution in [-0.4, -0.2) is 113 Å². The van der Waals surface area contributed by atoms with Gasteiger partial charge in [0.1, 0.15) is 5.75 Å². The highest BCUT2D eigenvalue weighted by atomic mass is 35.5. The lowest BCUT2D eigenvalue weighted by Crippen LogP contribution is -2.42. The van der Waals surface area contributed by atoms with Crippen molar-refractivity contribution in [2.24, 2.45) is 0 Å². The van der Waals surface area contributed by atoms with E-state index in [0.29, 0.717) is 33.3 Å². The molecule has 5 rings (SSSR count). The van der Waals surface area contributed by atoms with Crippen molar-refractivity contribution in [2.45, 2.75) is 54.4 Å². The van der Waals surface area contributed by atoms with E-state index in [9.17, 15) is 38.0 Å². The van der Waals surface area contributed by atoms with Gasteiger partial charge in [-0.3, -0.25) is 14.4 Å². The molecule has 1 atom stereocenters. The van der Waals surface area contributed by atoms with E-state index >= 15 is 0 Å². The van der Waals surface area contributed by atoms with E-state index in [1.165, 1.54) is 19.2 Å². The van der Waals surface area contributed by atoms with Gasteiger partial charge in [0.25, 0.3) is 5.91 Å². The summed E-state index contributed by atoms with van der Waals surface area (Å²) in [7, 11) is -0.574. The van der Waals surface area contributed by atoms with Crippen LogP contribution >= 0.6 is 23.2 Å². The van der Waals surface area contributed by atoms with E-state index in [1.54, 1.807) is 36.2 Å². The first-order chi connectivity index (χ1) is 27.8. The van der Waals surface area contributed by atoms with Gasteiger partial charge in [0.2, 0.25) is 10.0 Å². The number of aliphatic carboxylic acids is 3. The fourth-order valence-electron chi connectivity index (χ4n) is 7.02. The fourth-order valence-corrected chi connectivity index (χ4v) is 8.37. The summed E-state index contributed by atoms with van der Waals surface area (Å²) < 4.78 is 27.7. The molecule has 1 heterocycles. The van der Waals surface area contributed by atoms with Crippen LogP contribution < -0.4 is 4.72 Å². The molecule has 4 aromatic rings. The number of nitriles is 1. The predicted octanol–water partition coefficient (Wildman–Crippen LogP) is 5.51. The van der Waals surface area contributed by atoms with Crippen LogP contribution in [-0.2, 0) is 24.4 Å². The molecule has 15 nitrogen and oxygen atoms in total. The molecule has 0 aromatic heterocycles. The molecular formula is C41H44Cl2N4O11S. The minimum absolute atomic E-state index is 0.0450. The third kappa shape index (κ3) is 12.1. The number of carbonyl (C=O) groups excluding carboxylic acids is 1. The Morgan fingerprint density at radius 1 is 0.949 bits per heavy atom.